The molecule has 104 valence electrons. The summed E-state index contributed by atoms with van der Waals surface area (Å²) < 4.78 is 6.93. The minimum atomic E-state index is 0.223. The topological polar surface area (TPSA) is 69.6 Å². The zero-order valence-corrected chi connectivity index (χ0v) is 13.1. The zero-order valence-electron chi connectivity index (χ0n) is 10.7. The highest BCUT2D eigenvalue weighted by Crippen LogP contribution is 2.24. The van der Waals surface area contributed by atoms with Crippen molar-refractivity contribution in [2.24, 2.45) is 0 Å². The van der Waals surface area contributed by atoms with Crippen molar-refractivity contribution in [1.82, 2.24) is 25.1 Å². The van der Waals surface area contributed by atoms with Crippen LogP contribution in [-0.4, -0.2) is 25.1 Å². The second-order valence-corrected chi connectivity index (χ2v) is 6.26. The van der Waals surface area contributed by atoms with E-state index in [-0.39, 0.29) is 4.83 Å². The molecule has 20 heavy (non-hydrogen) atoms. The molecule has 0 bridgehead atoms. The summed E-state index contributed by atoms with van der Waals surface area (Å²) in [5, 5.41) is 14.1. The van der Waals surface area contributed by atoms with E-state index >= 15 is 0 Å². The summed E-state index contributed by atoms with van der Waals surface area (Å²) >= 11 is 5.13. The van der Waals surface area contributed by atoms with Gasteiger partial charge in [0.1, 0.15) is 6.54 Å². The Morgan fingerprint density at radius 2 is 2.40 bits per heavy atom. The number of alkyl halides is 1. The maximum atomic E-state index is 5.23. The Kier molecular flexibility index (Phi) is 3.93. The van der Waals surface area contributed by atoms with E-state index in [1.807, 2.05) is 23.7 Å². The van der Waals surface area contributed by atoms with Gasteiger partial charge in [-0.05, 0) is 17.9 Å². The first-order chi connectivity index (χ1) is 9.76. The molecule has 0 aliphatic rings. The number of aromatic nitrogens is 5. The van der Waals surface area contributed by atoms with E-state index in [0.717, 1.165) is 17.0 Å². The summed E-state index contributed by atoms with van der Waals surface area (Å²) in [7, 11) is 0. The number of halogens is 1. The van der Waals surface area contributed by atoms with Crippen LogP contribution in [0.2, 0.25) is 0 Å². The molecule has 3 aromatic rings. The van der Waals surface area contributed by atoms with Crippen LogP contribution in [0.4, 0.5) is 0 Å². The fraction of sp³-hybridized carbons (Fsp3) is 0.333. The van der Waals surface area contributed by atoms with Crippen molar-refractivity contribution < 1.29 is 4.52 Å². The fourth-order valence-corrected chi connectivity index (χ4v) is 2.57. The molecule has 3 rings (SSSR count). The molecule has 3 heterocycles. The average molecular weight is 354 g/mol. The van der Waals surface area contributed by atoms with Gasteiger partial charge in [-0.2, -0.15) is 4.98 Å². The summed E-state index contributed by atoms with van der Waals surface area (Å²) in [6.07, 6.45) is 2.85. The standard InChI is InChI=1S/C12H12BrN5OS/c1-2-8(13)9-6-18(17-15-9)7-11-14-12(16-19-11)10-4-3-5-20-10/h3-6,8H,2,7H2,1H3. The SMILES string of the molecule is CCC(Br)c1cn(Cc2nc(-c3cccs3)no2)nn1. The van der Waals surface area contributed by atoms with Gasteiger partial charge in [0.25, 0.3) is 0 Å². The Morgan fingerprint density at radius 3 is 3.15 bits per heavy atom. The van der Waals surface area contributed by atoms with E-state index < -0.39 is 0 Å². The lowest BCUT2D eigenvalue weighted by Gasteiger charge is -1.98. The molecule has 0 N–H and O–H groups in total. The van der Waals surface area contributed by atoms with Gasteiger partial charge in [0.15, 0.2) is 0 Å². The number of nitrogens with zero attached hydrogens (tertiary/aromatic N) is 5. The van der Waals surface area contributed by atoms with E-state index in [0.29, 0.717) is 18.3 Å². The Bertz CT molecular complexity index is 678. The monoisotopic (exact) mass is 353 g/mol. The largest absolute Gasteiger partial charge is 0.337 e. The van der Waals surface area contributed by atoms with Crippen LogP contribution < -0.4 is 0 Å². The quantitative estimate of drug-likeness (QED) is 0.658. The highest BCUT2D eigenvalue weighted by molar-refractivity contribution is 9.09. The van der Waals surface area contributed by atoms with Gasteiger partial charge in [-0.1, -0.05) is 39.3 Å². The van der Waals surface area contributed by atoms with Gasteiger partial charge in [0, 0.05) is 0 Å². The van der Waals surface area contributed by atoms with Gasteiger partial charge in [0.2, 0.25) is 11.7 Å². The summed E-state index contributed by atoms with van der Waals surface area (Å²) in [5.74, 6) is 1.13. The first kappa shape index (κ1) is 13.4. The number of rotatable bonds is 5. The van der Waals surface area contributed by atoms with Crippen LogP contribution in [0.1, 0.15) is 29.8 Å². The molecule has 0 saturated heterocycles. The molecule has 0 aliphatic carbocycles. The van der Waals surface area contributed by atoms with Crippen molar-refractivity contribution in [2.75, 3.05) is 0 Å². The summed E-state index contributed by atoms with van der Waals surface area (Å²) in [6.45, 7) is 2.51. The van der Waals surface area contributed by atoms with Gasteiger partial charge in [-0.15, -0.1) is 16.4 Å². The molecule has 0 aromatic carbocycles. The lowest BCUT2D eigenvalue weighted by molar-refractivity contribution is 0.364. The molecule has 0 saturated carbocycles. The van der Waals surface area contributed by atoms with Crippen LogP contribution in [0.3, 0.4) is 0 Å². The van der Waals surface area contributed by atoms with Crippen molar-refractivity contribution in [3.63, 3.8) is 0 Å². The van der Waals surface area contributed by atoms with Crippen LogP contribution in [-0.2, 0) is 6.54 Å². The molecule has 1 atom stereocenters. The predicted octanol–water partition coefficient (Wildman–Crippen LogP) is 3.28. The lowest BCUT2D eigenvalue weighted by Crippen LogP contribution is -2.00. The molecular formula is C12H12BrN5OS. The molecule has 0 spiro atoms. The molecule has 0 radical (unpaired) electrons. The average Bonchev–Trinajstić information content (AvgIpc) is 3.19. The normalized spacial score (nSPS) is 12.7. The van der Waals surface area contributed by atoms with Crippen LogP contribution in [0, 0.1) is 0 Å². The molecule has 1 unspecified atom stereocenters. The van der Waals surface area contributed by atoms with Crippen LogP contribution >= 0.6 is 27.3 Å². The van der Waals surface area contributed by atoms with Crippen LogP contribution in [0.5, 0.6) is 0 Å². The van der Waals surface area contributed by atoms with E-state index in [9.17, 15) is 0 Å². The van der Waals surface area contributed by atoms with Gasteiger partial charge < -0.3 is 4.52 Å². The zero-order chi connectivity index (χ0) is 13.9. The van der Waals surface area contributed by atoms with Crippen molar-refractivity contribution in [2.45, 2.75) is 24.7 Å². The van der Waals surface area contributed by atoms with Crippen molar-refractivity contribution in [1.29, 1.82) is 0 Å². The van der Waals surface area contributed by atoms with Gasteiger partial charge in [-0.25, -0.2) is 4.68 Å². The highest BCUT2D eigenvalue weighted by Gasteiger charge is 2.13. The maximum absolute atomic E-state index is 5.23. The molecular weight excluding hydrogens is 342 g/mol. The summed E-state index contributed by atoms with van der Waals surface area (Å²) in [5.41, 5.74) is 0.908. The third kappa shape index (κ3) is 2.80. The molecule has 8 heteroatoms. The molecule has 0 aliphatic heterocycles. The van der Waals surface area contributed by atoms with Gasteiger partial charge in [-0.3, -0.25) is 0 Å². The summed E-state index contributed by atoms with van der Waals surface area (Å²) in [6, 6.07) is 3.92. The fourth-order valence-electron chi connectivity index (χ4n) is 1.71. The minimum Gasteiger partial charge on any atom is -0.337 e. The number of hydrogen-bond donors (Lipinski definition) is 0. The van der Waals surface area contributed by atoms with E-state index in [2.05, 4.69) is 43.3 Å². The van der Waals surface area contributed by atoms with Gasteiger partial charge >= 0.3 is 0 Å². The molecule has 0 amide bonds. The highest BCUT2D eigenvalue weighted by atomic mass is 79.9. The van der Waals surface area contributed by atoms with Crippen molar-refractivity contribution >= 4 is 27.3 Å². The second kappa shape index (κ2) is 5.84. The molecule has 3 aromatic heterocycles. The second-order valence-electron chi connectivity index (χ2n) is 4.21. The Labute approximate surface area is 127 Å². The maximum Gasteiger partial charge on any atom is 0.248 e. The molecule has 0 fully saturated rings. The van der Waals surface area contributed by atoms with E-state index in [1.54, 1.807) is 16.0 Å². The van der Waals surface area contributed by atoms with Crippen molar-refractivity contribution in [3.05, 3.63) is 35.3 Å². The smallest absolute Gasteiger partial charge is 0.248 e. The van der Waals surface area contributed by atoms with Crippen LogP contribution in [0.25, 0.3) is 10.7 Å². The first-order valence-corrected chi connectivity index (χ1v) is 7.96. The van der Waals surface area contributed by atoms with E-state index in [1.165, 1.54) is 0 Å². The van der Waals surface area contributed by atoms with Crippen LogP contribution in [0.15, 0.2) is 28.2 Å². The van der Waals surface area contributed by atoms with E-state index in [4.69, 9.17) is 4.52 Å². The Hall–Kier alpha value is -1.54. The Balaban J connectivity index is 1.73. The lowest BCUT2D eigenvalue weighted by atomic mass is 10.3. The van der Waals surface area contributed by atoms with Gasteiger partial charge in [0.05, 0.1) is 21.6 Å². The first-order valence-electron chi connectivity index (χ1n) is 6.17. The predicted molar refractivity (Wildman–Crippen MR) is 78.7 cm³/mol. The number of hydrogen-bond acceptors (Lipinski definition) is 6. The third-order valence-corrected chi connectivity index (χ3v) is 4.73. The third-order valence-electron chi connectivity index (χ3n) is 2.74. The number of thiophene rings is 1. The molecule has 6 nitrogen and oxygen atoms in total. The minimum absolute atomic E-state index is 0.223. The summed E-state index contributed by atoms with van der Waals surface area (Å²) in [4.78, 5) is 5.57. The Morgan fingerprint density at radius 1 is 1.50 bits per heavy atom. The van der Waals surface area contributed by atoms with Crippen molar-refractivity contribution in [3.8, 4) is 10.7 Å².